The Kier molecular flexibility index (Phi) is 5.67. The zero-order chi connectivity index (χ0) is 19.0. The van der Waals surface area contributed by atoms with Crippen LogP contribution in [0.5, 0.6) is 0 Å². The number of nitrogens with zero attached hydrogens (tertiary/aromatic N) is 2. The summed E-state index contributed by atoms with van der Waals surface area (Å²) in [5.41, 5.74) is 0. The van der Waals surface area contributed by atoms with Crippen LogP contribution in [0.25, 0.3) is 0 Å². The molecule has 0 saturated carbocycles. The second kappa shape index (κ2) is 7.10. The molecule has 3 atom stereocenters. The van der Waals surface area contributed by atoms with Crippen molar-refractivity contribution in [3.8, 4) is 0 Å². The van der Waals surface area contributed by atoms with E-state index in [1.807, 2.05) is 0 Å². The molecular weight excluding hydrogens is 365 g/mol. The maximum Gasteiger partial charge on any atom is 0.394 e. The molecule has 2 rings (SSSR count). The number of carbonyl (C=O) groups excluding carboxylic acids is 1. The number of aliphatic carboxylic acids is 1. The lowest BCUT2D eigenvalue weighted by atomic mass is 9.96. The van der Waals surface area contributed by atoms with Gasteiger partial charge in [0, 0.05) is 26.2 Å². The number of carbonyl (C=O) groups is 2. The van der Waals surface area contributed by atoms with Gasteiger partial charge < -0.3 is 10.0 Å². The molecule has 11 heteroatoms. The number of amides is 1. The van der Waals surface area contributed by atoms with Gasteiger partial charge in [0.05, 0.1) is 23.5 Å². The Morgan fingerprint density at radius 2 is 1.84 bits per heavy atom. The third-order valence-electron chi connectivity index (χ3n) is 4.86. The highest BCUT2D eigenvalue weighted by molar-refractivity contribution is 7.89. The molecule has 0 aliphatic carbocycles. The van der Waals surface area contributed by atoms with Crippen molar-refractivity contribution in [1.29, 1.82) is 0 Å². The second-order valence-electron chi connectivity index (χ2n) is 6.43. The first-order valence-electron chi connectivity index (χ1n) is 8.03. The van der Waals surface area contributed by atoms with Crippen LogP contribution in [0.4, 0.5) is 13.2 Å². The van der Waals surface area contributed by atoms with Gasteiger partial charge in [0.2, 0.25) is 15.9 Å². The van der Waals surface area contributed by atoms with Crippen LogP contribution < -0.4 is 0 Å². The SMILES string of the molecule is CCS(=O)(=O)N1CCCC(C(=O)N2C[C@@H](C(F)(F)F)[C@H](C(=O)O)C2)C1. The molecule has 0 spiro atoms. The molecule has 2 fully saturated rings. The molecule has 0 radical (unpaired) electrons. The lowest BCUT2D eigenvalue weighted by Gasteiger charge is -2.33. The average Bonchev–Trinajstić information content (AvgIpc) is 3.00. The van der Waals surface area contributed by atoms with Crippen LogP contribution in [0.3, 0.4) is 0 Å². The molecule has 2 aliphatic rings. The first-order chi connectivity index (χ1) is 11.5. The van der Waals surface area contributed by atoms with Gasteiger partial charge in [-0.05, 0) is 19.8 Å². The number of piperidine rings is 1. The van der Waals surface area contributed by atoms with Crippen molar-refractivity contribution < 1.29 is 36.3 Å². The molecular formula is C14H21F3N2O5S. The minimum atomic E-state index is -4.71. The third-order valence-corrected chi connectivity index (χ3v) is 6.71. The Labute approximate surface area is 143 Å². The molecule has 1 N–H and O–H groups in total. The van der Waals surface area contributed by atoms with Gasteiger partial charge in [-0.3, -0.25) is 9.59 Å². The van der Waals surface area contributed by atoms with E-state index in [1.54, 1.807) is 0 Å². The van der Waals surface area contributed by atoms with Crippen molar-refractivity contribution in [2.24, 2.45) is 17.8 Å². The molecule has 144 valence electrons. The van der Waals surface area contributed by atoms with Gasteiger partial charge in [-0.1, -0.05) is 0 Å². The fourth-order valence-corrected chi connectivity index (χ4v) is 4.58. The minimum Gasteiger partial charge on any atom is -0.481 e. The first-order valence-corrected chi connectivity index (χ1v) is 9.64. The Morgan fingerprint density at radius 1 is 1.20 bits per heavy atom. The molecule has 0 aromatic rings. The van der Waals surface area contributed by atoms with E-state index in [2.05, 4.69) is 0 Å². The molecule has 0 bridgehead atoms. The molecule has 25 heavy (non-hydrogen) atoms. The van der Waals surface area contributed by atoms with Gasteiger partial charge in [0.25, 0.3) is 0 Å². The highest BCUT2D eigenvalue weighted by Gasteiger charge is 2.54. The van der Waals surface area contributed by atoms with Gasteiger partial charge in [0.1, 0.15) is 0 Å². The van der Waals surface area contributed by atoms with Crippen LogP contribution in [0.2, 0.25) is 0 Å². The van der Waals surface area contributed by atoms with Crippen LogP contribution in [-0.4, -0.2) is 72.7 Å². The number of likely N-dealkylation sites (tertiary alicyclic amines) is 1. The number of hydrogen-bond donors (Lipinski definition) is 1. The summed E-state index contributed by atoms with van der Waals surface area (Å²) in [6.45, 7) is 0.487. The van der Waals surface area contributed by atoms with Crippen molar-refractivity contribution in [3.63, 3.8) is 0 Å². The summed E-state index contributed by atoms with van der Waals surface area (Å²) >= 11 is 0. The zero-order valence-corrected chi connectivity index (χ0v) is 14.5. The molecule has 2 saturated heterocycles. The van der Waals surface area contributed by atoms with Crippen molar-refractivity contribution in [1.82, 2.24) is 9.21 Å². The van der Waals surface area contributed by atoms with Gasteiger partial charge in [0.15, 0.2) is 0 Å². The van der Waals surface area contributed by atoms with E-state index < -0.39 is 58.9 Å². The third kappa shape index (κ3) is 4.25. The summed E-state index contributed by atoms with van der Waals surface area (Å²) in [6, 6.07) is 0. The number of carboxylic acid groups (broad SMARTS) is 1. The van der Waals surface area contributed by atoms with Crippen molar-refractivity contribution in [2.45, 2.75) is 25.9 Å². The predicted molar refractivity (Wildman–Crippen MR) is 81.0 cm³/mol. The highest BCUT2D eigenvalue weighted by Crippen LogP contribution is 2.38. The number of alkyl halides is 3. The van der Waals surface area contributed by atoms with Gasteiger partial charge in [-0.15, -0.1) is 0 Å². The topological polar surface area (TPSA) is 95.0 Å². The summed E-state index contributed by atoms with van der Waals surface area (Å²) in [7, 11) is -3.48. The van der Waals surface area contributed by atoms with Crippen molar-refractivity contribution in [2.75, 3.05) is 31.9 Å². The molecule has 1 amide bonds. The first kappa shape index (κ1) is 20.0. The van der Waals surface area contributed by atoms with Gasteiger partial charge in [-0.2, -0.15) is 13.2 Å². The van der Waals surface area contributed by atoms with Gasteiger partial charge >= 0.3 is 12.1 Å². The predicted octanol–water partition coefficient (Wildman–Crippen LogP) is 0.770. The Bertz CT molecular complexity index is 637. The zero-order valence-electron chi connectivity index (χ0n) is 13.7. The Hall–Kier alpha value is -1.36. The Morgan fingerprint density at radius 3 is 2.32 bits per heavy atom. The summed E-state index contributed by atoms with van der Waals surface area (Å²) in [5.74, 6) is -6.84. The molecule has 0 aromatic carbocycles. The lowest BCUT2D eigenvalue weighted by molar-refractivity contribution is -0.188. The molecule has 2 heterocycles. The Balaban J connectivity index is 2.11. The van der Waals surface area contributed by atoms with Crippen molar-refractivity contribution in [3.05, 3.63) is 0 Å². The van der Waals surface area contributed by atoms with Gasteiger partial charge in [-0.25, -0.2) is 12.7 Å². The van der Waals surface area contributed by atoms with Crippen molar-refractivity contribution >= 4 is 21.9 Å². The smallest absolute Gasteiger partial charge is 0.394 e. The molecule has 7 nitrogen and oxygen atoms in total. The minimum absolute atomic E-state index is 0.0695. The fraction of sp³-hybridized carbons (Fsp3) is 0.857. The highest BCUT2D eigenvalue weighted by atomic mass is 32.2. The molecule has 2 aliphatic heterocycles. The maximum absolute atomic E-state index is 13.0. The van der Waals surface area contributed by atoms with E-state index in [4.69, 9.17) is 5.11 Å². The summed E-state index contributed by atoms with van der Waals surface area (Å²) in [4.78, 5) is 24.6. The van der Waals surface area contributed by atoms with E-state index in [1.165, 1.54) is 11.2 Å². The van der Waals surface area contributed by atoms with Crippen LogP contribution in [0, 0.1) is 17.8 Å². The number of sulfonamides is 1. The van der Waals surface area contributed by atoms with Crippen LogP contribution in [0.1, 0.15) is 19.8 Å². The van der Waals surface area contributed by atoms with Crippen LogP contribution in [0.15, 0.2) is 0 Å². The second-order valence-corrected chi connectivity index (χ2v) is 8.69. The number of rotatable bonds is 4. The lowest BCUT2D eigenvalue weighted by Crippen LogP contribution is -2.47. The van der Waals surface area contributed by atoms with Crippen LogP contribution in [-0.2, 0) is 19.6 Å². The number of hydrogen-bond acceptors (Lipinski definition) is 4. The molecule has 0 aromatic heterocycles. The van der Waals surface area contributed by atoms with E-state index in [0.29, 0.717) is 12.8 Å². The monoisotopic (exact) mass is 386 g/mol. The maximum atomic E-state index is 13.0. The largest absolute Gasteiger partial charge is 0.481 e. The van der Waals surface area contributed by atoms with E-state index in [-0.39, 0.29) is 18.8 Å². The average molecular weight is 386 g/mol. The van der Waals surface area contributed by atoms with E-state index in [9.17, 15) is 31.2 Å². The summed E-state index contributed by atoms with van der Waals surface area (Å²) in [6.07, 6.45) is -3.89. The normalized spacial score (nSPS) is 29.0. The number of carboxylic acids is 1. The van der Waals surface area contributed by atoms with Crippen LogP contribution >= 0.6 is 0 Å². The standard InChI is InChI=1S/C14H21F3N2O5S/c1-2-25(23,24)19-5-3-4-9(6-19)12(20)18-7-10(13(21)22)11(8-18)14(15,16)17/h9-11H,2-8H2,1H3,(H,21,22)/t9?,10-,11-/m1/s1. The summed E-state index contributed by atoms with van der Waals surface area (Å²) in [5, 5.41) is 9.01. The fourth-order valence-electron chi connectivity index (χ4n) is 3.40. The number of halogens is 3. The quantitative estimate of drug-likeness (QED) is 0.770. The van der Waals surface area contributed by atoms with E-state index >= 15 is 0 Å². The van der Waals surface area contributed by atoms with E-state index in [0.717, 1.165) is 4.90 Å². The summed E-state index contributed by atoms with van der Waals surface area (Å²) < 4.78 is 64.1. The molecule has 1 unspecified atom stereocenters.